The Kier molecular flexibility index (Phi) is 6.34. The van der Waals surface area contributed by atoms with Crippen molar-refractivity contribution in [1.29, 1.82) is 0 Å². The summed E-state index contributed by atoms with van der Waals surface area (Å²) < 4.78 is 41.4. The molecule has 3 aromatic carbocycles. The minimum atomic E-state index is -3.78. The number of halogens is 2. The maximum atomic E-state index is 13.1. The number of anilines is 1. The van der Waals surface area contributed by atoms with Crippen molar-refractivity contribution in [2.75, 3.05) is 4.72 Å². The SMILES string of the molecule is CC(NC(=O)c1cccc(NS(=O)(=O)c2ccc(Br)cc2)c1)c1ccc(F)cc1. The molecule has 0 saturated carbocycles. The van der Waals surface area contributed by atoms with Crippen LogP contribution < -0.4 is 10.0 Å². The zero-order valence-corrected chi connectivity index (χ0v) is 17.8. The van der Waals surface area contributed by atoms with Gasteiger partial charge in [0, 0.05) is 15.7 Å². The van der Waals surface area contributed by atoms with E-state index in [1.807, 2.05) is 0 Å². The van der Waals surface area contributed by atoms with E-state index < -0.39 is 10.0 Å². The van der Waals surface area contributed by atoms with Gasteiger partial charge in [-0.05, 0) is 67.1 Å². The van der Waals surface area contributed by atoms with Crippen LogP contribution in [0.1, 0.15) is 28.9 Å². The number of nitrogens with one attached hydrogen (secondary N) is 2. The molecular weight excluding hydrogens is 459 g/mol. The summed E-state index contributed by atoms with van der Waals surface area (Å²) in [5, 5.41) is 2.82. The monoisotopic (exact) mass is 476 g/mol. The van der Waals surface area contributed by atoms with Gasteiger partial charge in [0.25, 0.3) is 15.9 Å². The second kappa shape index (κ2) is 8.75. The Labute approximate surface area is 177 Å². The van der Waals surface area contributed by atoms with Crippen LogP contribution in [0.15, 0.2) is 82.2 Å². The lowest BCUT2D eigenvalue weighted by molar-refractivity contribution is 0.0940. The normalized spacial score (nSPS) is 12.2. The van der Waals surface area contributed by atoms with Gasteiger partial charge < -0.3 is 5.32 Å². The molecule has 0 aliphatic carbocycles. The van der Waals surface area contributed by atoms with Gasteiger partial charge >= 0.3 is 0 Å². The average Bonchev–Trinajstić information content (AvgIpc) is 2.68. The van der Waals surface area contributed by atoms with Crippen molar-refractivity contribution in [3.8, 4) is 0 Å². The molecule has 0 heterocycles. The first-order chi connectivity index (χ1) is 13.7. The second-order valence-corrected chi connectivity index (χ2v) is 8.99. The van der Waals surface area contributed by atoms with Gasteiger partial charge in [0.05, 0.1) is 10.9 Å². The van der Waals surface area contributed by atoms with E-state index in [2.05, 4.69) is 26.0 Å². The largest absolute Gasteiger partial charge is 0.346 e. The van der Waals surface area contributed by atoms with Gasteiger partial charge in [0.1, 0.15) is 5.82 Å². The molecule has 0 fully saturated rings. The lowest BCUT2D eigenvalue weighted by atomic mass is 10.1. The highest BCUT2D eigenvalue weighted by atomic mass is 79.9. The molecule has 0 aliphatic heterocycles. The number of benzene rings is 3. The fourth-order valence-electron chi connectivity index (χ4n) is 2.67. The fraction of sp³-hybridized carbons (Fsp3) is 0.0952. The molecule has 29 heavy (non-hydrogen) atoms. The minimum absolute atomic E-state index is 0.112. The molecule has 1 unspecified atom stereocenters. The van der Waals surface area contributed by atoms with Crippen molar-refractivity contribution in [2.45, 2.75) is 17.9 Å². The lowest BCUT2D eigenvalue weighted by Gasteiger charge is -2.15. The topological polar surface area (TPSA) is 75.3 Å². The fourth-order valence-corrected chi connectivity index (χ4v) is 3.98. The molecule has 0 radical (unpaired) electrons. The van der Waals surface area contributed by atoms with Crippen LogP contribution in [0.2, 0.25) is 0 Å². The van der Waals surface area contributed by atoms with Gasteiger partial charge in [-0.1, -0.05) is 34.1 Å². The van der Waals surface area contributed by atoms with Crippen LogP contribution in [0.5, 0.6) is 0 Å². The Hall–Kier alpha value is -2.71. The Balaban J connectivity index is 1.74. The van der Waals surface area contributed by atoms with Crippen LogP contribution >= 0.6 is 15.9 Å². The minimum Gasteiger partial charge on any atom is -0.346 e. The smallest absolute Gasteiger partial charge is 0.261 e. The Morgan fingerprint density at radius 1 is 1.00 bits per heavy atom. The summed E-state index contributed by atoms with van der Waals surface area (Å²) in [6, 6.07) is 18.0. The van der Waals surface area contributed by atoms with Gasteiger partial charge in [-0.25, -0.2) is 12.8 Å². The number of rotatable bonds is 6. The summed E-state index contributed by atoms with van der Waals surface area (Å²) in [5.74, 6) is -0.718. The zero-order valence-electron chi connectivity index (χ0n) is 15.4. The molecule has 0 aliphatic rings. The van der Waals surface area contributed by atoms with Gasteiger partial charge in [-0.15, -0.1) is 0 Å². The van der Waals surface area contributed by atoms with Crippen LogP contribution in [0, 0.1) is 5.82 Å². The summed E-state index contributed by atoms with van der Waals surface area (Å²) in [4.78, 5) is 12.7. The Morgan fingerprint density at radius 3 is 2.31 bits per heavy atom. The number of carbonyl (C=O) groups excluding carboxylic acids is 1. The predicted octanol–water partition coefficient (Wildman–Crippen LogP) is 4.88. The molecule has 0 bridgehead atoms. The van der Waals surface area contributed by atoms with Crippen LogP contribution in [-0.2, 0) is 10.0 Å². The molecule has 0 saturated heterocycles. The van der Waals surface area contributed by atoms with E-state index in [9.17, 15) is 17.6 Å². The summed E-state index contributed by atoms with van der Waals surface area (Å²) in [6.45, 7) is 1.78. The molecule has 5 nitrogen and oxygen atoms in total. The summed E-state index contributed by atoms with van der Waals surface area (Å²) in [7, 11) is -3.78. The highest BCUT2D eigenvalue weighted by Gasteiger charge is 2.16. The molecular formula is C21H18BrFN2O3S. The van der Waals surface area contributed by atoms with Gasteiger partial charge in [-0.2, -0.15) is 0 Å². The highest BCUT2D eigenvalue weighted by Crippen LogP contribution is 2.20. The van der Waals surface area contributed by atoms with E-state index in [4.69, 9.17) is 0 Å². The Bertz CT molecular complexity index is 1120. The van der Waals surface area contributed by atoms with Gasteiger partial charge in [-0.3, -0.25) is 9.52 Å². The molecule has 1 atom stereocenters. The number of carbonyl (C=O) groups is 1. The quantitative estimate of drug-likeness (QED) is 0.532. The van der Waals surface area contributed by atoms with Crippen LogP contribution in [0.3, 0.4) is 0 Å². The zero-order chi connectivity index (χ0) is 21.0. The molecule has 1 amide bonds. The Morgan fingerprint density at radius 2 is 1.66 bits per heavy atom. The van der Waals surface area contributed by atoms with E-state index >= 15 is 0 Å². The van der Waals surface area contributed by atoms with E-state index in [1.54, 1.807) is 49.4 Å². The number of hydrogen-bond donors (Lipinski definition) is 2. The maximum Gasteiger partial charge on any atom is 0.261 e. The number of hydrogen-bond acceptors (Lipinski definition) is 3. The van der Waals surface area contributed by atoms with E-state index in [-0.39, 0.29) is 28.3 Å². The van der Waals surface area contributed by atoms with Crippen molar-refractivity contribution >= 4 is 37.5 Å². The molecule has 3 rings (SSSR count). The molecule has 0 spiro atoms. The van der Waals surface area contributed by atoms with Crippen molar-refractivity contribution in [3.05, 3.63) is 94.2 Å². The summed E-state index contributed by atoms with van der Waals surface area (Å²) in [6.07, 6.45) is 0. The molecule has 150 valence electrons. The van der Waals surface area contributed by atoms with Gasteiger partial charge in [0.15, 0.2) is 0 Å². The summed E-state index contributed by atoms with van der Waals surface area (Å²) >= 11 is 3.27. The molecule has 2 N–H and O–H groups in total. The summed E-state index contributed by atoms with van der Waals surface area (Å²) in [5.41, 5.74) is 1.33. The first-order valence-electron chi connectivity index (χ1n) is 8.69. The van der Waals surface area contributed by atoms with E-state index in [1.165, 1.54) is 30.3 Å². The van der Waals surface area contributed by atoms with Crippen LogP contribution in [-0.4, -0.2) is 14.3 Å². The van der Waals surface area contributed by atoms with Crippen LogP contribution in [0.4, 0.5) is 10.1 Å². The third-order valence-electron chi connectivity index (χ3n) is 4.22. The first kappa shape index (κ1) is 21.0. The standard InChI is InChI=1S/C21H18BrFN2O3S/c1-14(15-5-9-18(23)10-6-15)24-21(26)16-3-2-4-19(13-16)25-29(27,28)20-11-7-17(22)8-12-20/h2-14,25H,1H3,(H,24,26). The number of amides is 1. The van der Waals surface area contributed by atoms with E-state index in [0.717, 1.165) is 10.0 Å². The molecule has 0 aromatic heterocycles. The maximum absolute atomic E-state index is 13.1. The molecule has 3 aromatic rings. The third-order valence-corrected chi connectivity index (χ3v) is 6.14. The number of sulfonamides is 1. The molecule has 8 heteroatoms. The van der Waals surface area contributed by atoms with Crippen molar-refractivity contribution in [2.24, 2.45) is 0 Å². The second-order valence-electron chi connectivity index (χ2n) is 6.39. The van der Waals surface area contributed by atoms with Crippen molar-refractivity contribution < 1.29 is 17.6 Å². The van der Waals surface area contributed by atoms with Crippen molar-refractivity contribution in [1.82, 2.24) is 5.32 Å². The lowest BCUT2D eigenvalue weighted by Crippen LogP contribution is -2.26. The first-order valence-corrected chi connectivity index (χ1v) is 11.0. The van der Waals surface area contributed by atoms with E-state index in [0.29, 0.717) is 5.56 Å². The predicted molar refractivity (Wildman–Crippen MR) is 114 cm³/mol. The van der Waals surface area contributed by atoms with Crippen molar-refractivity contribution in [3.63, 3.8) is 0 Å². The van der Waals surface area contributed by atoms with Crippen LogP contribution in [0.25, 0.3) is 0 Å². The van der Waals surface area contributed by atoms with Gasteiger partial charge in [0.2, 0.25) is 0 Å². The third kappa shape index (κ3) is 5.42. The highest BCUT2D eigenvalue weighted by molar-refractivity contribution is 9.10. The average molecular weight is 477 g/mol.